The molecule has 0 aromatic carbocycles. The summed E-state index contributed by atoms with van der Waals surface area (Å²) in [7, 11) is 1.73. The fourth-order valence-corrected chi connectivity index (χ4v) is 2.33. The summed E-state index contributed by atoms with van der Waals surface area (Å²) < 4.78 is 6.32. The van der Waals surface area contributed by atoms with Crippen LogP contribution in [0.2, 0.25) is 0 Å². The van der Waals surface area contributed by atoms with E-state index in [1.165, 1.54) is 4.68 Å². The molecule has 2 heterocycles. The fraction of sp³-hybridized carbons (Fsp3) is 0.636. The summed E-state index contributed by atoms with van der Waals surface area (Å²) in [6.07, 6.45) is 0.630. The quantitative estimate of drug-likeness (QED) is 0.598. The van der Waals surface area contributed by atoms with Crippen molar-refractivity contribution >= 4 is 23.5 Å². The van der Waals surface area contributed by atoms with Crippen molar-refractivity contribution in [3.8, 4) is 0 Å². The van der Waals surface area contributed by atoms with Crippen molar-refractivity contribution in [1.29, 1.82) is 0 Å². The Labute approximate surface area is 115 Å². The zero-order valence-corrected chi connectivity index (χ0v) is 11.6. The summed E-state index contributed by atoms with van der Waals surface area (Å²) in [5, 5.41) is 7.68. The molecule has 0 spiro atoms. The van der Waals surface area contributed by atoms with Crippen molar-refractivity contribution in [3.63, 3.8) is 0 Å². The van der Waals surface area contributed by atoms with E-state index in [0.717, 1.165) is 0 Å². The number of esters is 1. The molecule has 7 nitrogen and oxygen atoms in total. The molecule has 1 aromatic rings. The van der Waals surface area contributed by atoms with Gasteiger partial charge in [0.05, 0.1) is 18.2 Å². The molecule has 1 unspecified atom stereocenters. The topological polar surface area (TPSA) is 77.3 Å². The molecular formula is C11H15ClN4O3. The summed E-state index contributed by atoms with van der Waals surface area (Å²) in [4.78, 5) is 25.3. The number of halogens is 1. The van der Waals surface area contributed by atoms with E-state index in [2.05, 4.69) is 10.3 Å². The lowest BCUT2D eigenvalue weighted by Crippen LogP contribution is -2.26. The third kappa shape index (κ3) is 2.42. The van der Waals surface area contributed by atoms with Crippen molar-refractivity contribution in [2.24, 2.45) is 0 Å². The molecule has 104 valence electrons. The number of aromatic nitrogens is 3. The third-order valence-corrected chi connectivity index (χ3v) is 3.33. The number of carbonyl (C=O) groups excluding carboxylic acids is 2. The van der Waals surface area contributed by atoms with Crippen LogP contribution >= 0.6 is 11.6 Å². The van der Waals surface area contributed by atoms with Crippen molar-refractivity contribution in [2.75, 3.05) is 20.2 Å². The van der Waals surface area contributed by atoms with Gasteiger partial charge in [-0.15, -0.1) is 16.7 Å². The van der Waals surface area contributed by atoms with Gasteiger partial charge in [-0.05, 0) is 13.3 Å². The normalized spacial score (nSPS) is 19.0. The first-order valence-electron chi connectivity index (χ1n) is 6.02. The van der Waals surface area contributed by atoms with E-state index in [1.807, 2.05) is 0 Å². The van der Waals surface area contributed by atoms with Gasteiger partial charge in [-0.1, -0.05) is 5.21 Å². The van der Waals surface area contributed by atoms with E-state index in [4.69, 9.17) is 16.3 Å². The zero-order chi connectivity index (χ0) is 14.0. The second-order valence-electron chi connectivity index (χ2n) is 4.25. The second kappa shape index (κ2) is 5.56. The SMILES string of the molecule is CCOC(=O)c1nnn(C2CCN(C)C2=O)c1CCl. The average molecular weight is 287 g/mol. The second-order valence-corrected chi connectivity index (χ2v) is 4.51. The van der Waals surface area contributed by atoms with Gasteiger partial charge in [0.15, 0.2) is 5.69 Å². The molecule has 1 amide bonds. The number of hydrogen-bond acceptors (Lipinski definition) is 5. The maximum atomic E-state index is 12.0. The van der Waals surface area contributed by atoms with Crippen LogP contribution in [0.15, 0.2) is 0 Å². The number of carbonyl (C=O) groups is 2. The van der Waals surface area contributed by atoms with E-state index in [1.54, 1.807) is 18.9 Å². The molecule has 2 rings (SSSR count). The summed E-state index contributed by atoms with van der Waals surface area (Å²) in [5.41, 5.74) is 0.507. The summed E-state index contributed by atoms with van der Waals surface area (Å²) in [5.74, 6) is -0.566. The number of amides is 1. The molecule has 1 aliphatic rings. The molecule has 1 atom stereocenters. The van der Waals surface area contributed by atoms with Gasteiger partial charge >= 0.3 is 5.97 Å². The first-order chi connectivity index (χ1) is 9.10. The van der Waals surface area contributed by atoms with Gasteiger partial charge in [-0.2, -0.15) is 0 Å². The van der Waals surface area contributed by atoms with Gasteiger partial charge in [0.25, 0.3) is 0 Å². The molecule has 0 bridgehead atoms. The highest BCUT2D eigenvalue weighted by molar-refractivity contribution is 6.17. The highest BCUT2D eigenvalue weighted by atomic mass is 35.5. The molecule has 1 fully saturated rings. The number of ether oxygens (including phenoxy) is 1. The van der Waals surface area contributed by atoms with E-state index in [9.17, 15) is 9.59 Å². The number of nitrogens with zero attached hydrogens (tertiary/aromatic N) is 4. The highest BCUT2D eigenvalue weighted by Crippen LogP contribution is 2.24. The van der Waals surface area contributed by atoms with Gasteiger partial charge in [-0.25, -0.2) is 9.48 Å². The van der Waals surface area contributed by atoms with E-state index >= 15 is 0 Å². The molecule has 1 aliphatic heterocycles. The number of likely N-dealkylation sites (tertiary alicyclic amines) is 1. The minimum Gasteiger partial charge on any atom is -0.461 e. The Morgan fingerprint density at radius 3 is 2.84 bits per heavy atom. The smallest absolute Gasteiger partial charge is 0.360 e. The zero-order valence-electron chi connectivity index (χ0n) is 10.8. The van der Waals surface area contributed by atoms with Crippen molar-refractivity contribution in [3.05, 3.63) is 11.4 Å². The van der Waals surface area contributed by atoms with Gasteiger partial charge in [0.2, 0.25) is 5.91 Å². The average Bonchev–Trinajstić information content (AvgIpc) is 2.94. The van der Waals surface area contributed by atoms with Crippen LogP contribution in [0.1, 0.15) is 35.6 Å². The molecule has 0 radical (unpaired) electrons. The third-order valence-electron chi connectivity index (χ3n) is 3.08. The Kier molecular flexibility index (Phi) is 4.04. The van der Waals surface area contributed by atoms with Gasteiger partial charge in [0, 0.05) is 13.6 Å². The van der Waals surface area contributed by atoms with E-state index in [-0.39, 0.29) is 24.1 Å². The van der Waals surface area contributed by atoms with Crippen LogP contribution < -0.4 is 0 Å². The predicted molar refractivity (Wildman–Crippen MR) is 66.8 cm³/mol. The summed E-state index contributed by atoms with van der Waals surface area (Å²) in [6.45, 7) is 2.61. The van der Waals surface area contributed by atoms with Crippen LogP contribution in [-0.4, -0.2) is 52.0 Å². The Hall–Kier alpha value is -1.63. The maximum absolute atomic E-state index is 12.0. The molecule has 0 aliphatic carbocycles. The monoisotopic (exact) mass is 286 g/mol. The van der Waals surface area contributed by atoms with Crippen molar-refractivity contribution in [1.82, 2.24) is 19.9 Å². The fourth-order valence-electron chi connectivity index (χ4n) is 2.08. The van der Waals surface area contributed by atoms with Gasteiger partial charge in [-0.3, -0.25) is 4.79 Å². The van der Waals surface area contributed by atoms with E-state index in [0.29, 0.717) is 18.7 Å². The Morgan fingerprint density at radius 2 is 2.32 bits per heavy atom. The van der Waals surface area contributed by atoms with Crippen molar-refractivity contribution < 1.29 is 14.3 Å². The number of hydrogen-bond donors (Lipinski definition) is 0. The molecule has 0 N–H and O–H groups in total. The lowest BCUT2D eigenvalue weighted by molar-refractivity contribution is -0.129. The van der Waals surface area contributed by atoms with Crippen LogP contribution in [0.3, 0.4) is 0 Å². The van der Waals surface area contributed by atoms with E-state index < -0.39 is 12.0 Å². The van der Waals surface area contributed by atoms with Gasteiger partial charge in [0.1, 0.15) is 6.04 Å². The van der Waals surface area contributed by atoms with Gasteiger partial charge < -0.3 is 9.64 Å². The van der Waals surface area contributed by atoms with Crippen LogP contribution in [0.4, 0.5) is 0 Å². The highest BCUT2D eigenvalue weighted by Gasteiger charge is 2.34. The van der Waals surface area contributed by atoms with Crippen LogP contribution in [-0.2, 0) is 15.4 Å². The van der Waals surface area contributed by atoms with Crippen molar-refractivity contribution in [2.45, 2.75) is 25.3 Å². The standard InChI is InChI=1S/C11H15ClN4O3/c1-3-19-11(18)9-8(6-12)16(14-13-9)7-4-5-15(2)10(7)17/h7H,3-6H2,1-2H3. The lowest BCUT2D eigenvalue weighted by Gasteiger charge is -2.12. The molecule has 1 saturated heterocycles. The maximum Gasteiger partial charge on any atom is 0.360 e. The Morgan fingerprint density at radius 1 is 1.58 bits per heavy atom. The number of alkyl halides is 1. The molecule has 0 saturated carbocycles. The predicted octanol–water partition coefficient (Wildman–Crippen LogP) is 0.597. The number of rotatable bonds is 4. The first-order valence-corrected chi connectivity index (χ1v) is 6.55. The summed E-state index contributed by atoms with van der Waals surface area (Å²) in [6, 6.07) is -0.436. The lowest BCUT2D eigenvalue weighted by atomic mass is 10.2. The number of likely N-dealkylation sites (N-methyl/N-ethyl adjacent to an activating group) is 1. The molecule has 19 heavy (non-hydrogen) atoms. The molecule has 1 aromatic heterocycles. The summed E-state index contributed by atoms with van der Waals surface area (Å²) >= 11 is 5.85. The largest absolute Gasteiger partial charge is 0.461 e. The van der Waals surface area contributed by atoms with Crippen LogP contribution in [0.25, 0.3) is 0 Å². The molecule has 8 heteroatoms. The Bertz CT molecular complexity index is 502. The molecular weight excluding hydrogens is 272 g/mol. The first kappa shape index (κ1) is 13.8. The minimum absolute atomic E-state index is 0.0494. The minimum atomic E-state index is -0.566. The van der Waals surface area contributed by atoms with Crippen LogP contribution in [0, 0.1) is 0 Å². The van der Waals surface area contributed by atoms with Crippen LogP contribution in [0.5, 0.6) is 0 Å². The Balaban J connectivity index is 2.32.